The number of methoxy groups -OCH3 is 1. The van der Waals surface area contributed by atoms with Crippen LogP contribution in [0.25, 0.3) is 0 Å². The van der Waals surface area contributed by atoms with E-state index >= 15 is 0 Å². The molecule has 0 bridgehead atoms. The second-order valence-electron chi connectivity index (χ2n) is 5.95. The fraction of sp³-hybridized carbons (Fsp3) is 0.647. The van der Waals surface area contributed by atoms with Gasteiger partial charge in [0, 0.05) is 37.3 Å². The number of hydrogen-bond donors (Lipinski definition) is 1. The first-order chi connectivity index (χ1) is 10.1. The van der Waals surface area contributed by atoms with Gasteiger partial charge in [-0.1, -0.05) is 17.7 Å². The molecule has 1 aromatic rings. The third kappa shape index (κ3) is 4.70. The zero-order chi connectivity index (χ0) is 15.2. The van der Waals surface area contributed by atoms with Gasteiger partial charge in [-0.2, -0.15) is 0 Å². The molecule has 2 unspecified atom stereocenters. The molecule has 0 amide bonds. The van der Waals surface area contributed by atoms with Gasteiger partial charge in [0.25, 0.3) is 0 Å². The van der Waals surface area contributed by atoms with Crippen LogP contribution in [0.1, 0.15) is 31.0 Å². The molecule has 4 heteroatoms. The lowest BCUT2D eigenvalue weighted by atomic mass is 10.0. The topological polar surface area (TPSA) is 33.7 Å². The van der Waals surface area contributed by atoms with E-state index in [1.807, 2.05) is 0 Å². The fourth-order valence-electron chi connectivity index (χ4n) is 2.93. The van der Waals surface area contributed by atoms with Crippen LogP contribution in [0.2, 0.25) is 0 Å². The molecule has 2 rings (SSSR count). The zero-order valence-electron chi connectivity index (χ0n) is 13.7. The fourth-order valence-corrected chi connectivity index (χ4v) is 2.93. The van der Waals surface area contributed by atoms with E-state index in [1.165, 1.54) is 11.1 Å². The second-order valence-corrected chi connectivity index (χ2v) is 5.95. The van der Waals surface area contributed by atoms with Gasteiger partial charge >= 0.3 is 0 Å². The van der Waals surface area contributed by atoms with Gasteiger partial charge in [-0.05, 0) is 26.8 Å². The molecule has 1 heterocycles. The Balaban J connectivity index is 1.93. The summed E-state index contributed by atoms with van der Waals surface area (Å²) in [5.41, 5.74) is 2.49. The Bertz CT molecular complexity index is 444. The SMILES string of the molecule is COc1ccc(C)cc1C(C)NC(C)CN1CCOCC1. The summed E-state index contributed by atoms with van der Waals surface area (Å²) < 4.78 is 10.9. The van der Waals surface area contributed by atoms with Crippen LogP contribution < -0.4 is 10.1 Å². The quantitative estimate of drug-likeness (QED) is 0.873. The number of rotatable bonds is 6. The van der Waals surface area contributed by atoms with Crippen LogP contribution >= 0.6 is 0 Å². The molecule has 0 saturated carbocycles. The monoisotopic (exact) mass is 292 g/mol. The van der Waals surface area contributed by atoms with E-state index in [4.69, 9.17) is 9.47 Å². The van der Waals surface area contributed by atoms with Crippen LogP contribution in [-0.4, -0.2) is 50.9 Å². The molecule has 1 aliphatic heterocycles. The summed E-state index contributed by atoms with van der Waals surface area (Å²) in [4.78, 5) is 2.46. The molecular formula is C17H28N2O2. The van der Waals surface area contributed by atoms with Crippen molar-refractivity contribution in [3.63, 3.8) is 0 Å². The van der Waals surface area contributed by atoms with Crippen molar-refractivity contribution >= 4 is 0 Å². The van der Waals surface area contributed by atoms with E-state index < -0.39 is 0 Å². The van der Waals surface area contributed by atoms with Gasteiger partial charge in [-0.3, -0.25) is 4.90 Å². The van der Waals surface area contributed by atoms with Gasteiger partial charge in [0.2, 0.25) is 0 Å². The molecule has 4 nitrogen and oxygen atoms in total. The van der Waals surface area contributed by atoms with Gasteiger partial charge in [-0.25, -0.2) is 0 Å². The standard InChI is InChI=1S/C17H28N2O2/c1-13-5-6-17(20-4)16(11-13)15(3)18-14(2)12-19-7-9-21-10-8-19/h5-6,11,14-15,18H,7-10,12H2,1-4H3. The predicted octanol–water partition coefficient (Wildman–Crippen LogP) is 2.37. The number of aryl methyl sites for hydroxylation is 1. The van der Waals surface area contributed by atoms with Crippen molar-refractivity contribution < 1.29 is 9.47 Å². The van der Waals surface area contributed by atoms with Crippen LogP contribution in [0.4, 0.5) is 0 Å². The number of hydrogen-bond acceptors (Lipinski definition) is 4. The zero-order valence-corrected chi connectivity index (χ0v) is 13.7. The lowest BCUT2D eigenvalue weighted by molar-refractivity contribution is 0.0339. The number of nitrogens with zero attached hydrogens (tertiary/aromatic N) is 1. The number of ether oxygens (including phenoxy) is 2. The summed E-state index contributed by atoms with van der Waals surface area (Å²) in [5, 5.41) is 3.68. The van der Waals surface area contributed by atoms with E-state index in [0.29, 0.717) is 6.04 Å². The van der Waals surface area contributed by atoms with Crippen molar-refractivity contribution in [2.75, 3.05) is 40.0 Å². The van der Waals surface area contributed by atoms with Crippen molar-refractivity contribution in [2.45, 2.75) is 32.9 Å². The highest BCUT2D eigenvalue weighted by Crippen LogP contribution is 2.26. The van der Waals surface area contributed by atoms with Crippen molar-refractivity contribution in [2.24, 2.45) is 0 Å². The Kier molecular flexibility index (Phi) is 6.03. The molecule has 0 aromatic heterocycles. The van der Waals surface area contributed by atoms with E-state index in [9.17, 15) is 0 Å². The first kappa shape index (κ1) is 16.3. The maximum atomic E-state index is 5.49. The van der Waals surface area contributed by atoms with E-state index in [0.717, 1.165) is 38.6 Å². The second kappa shape index (κ2) is 7.78. The summed E-state index contributed by atoms with van der Waals surface area (Å²) in [6.07, 6.45) is 0. The summed E-state index contributed by atoms with van der Waals surface area (Å²) >= 11 is 0. The Labute approximate surface area is 128 Å². The summed E-state index contributed by atoms with van der Waals surface area (Å²) in [6.45, 7) is 11.4. The molecule has 1 N–H and O–H groups in total. The molecular weight excluding hydrogens is 264 g/mol. The molecule has 1 aliphatic rings. The normalized spacial score (nSPS) is 19.2. The van der Waals surface area contributed by atoms with Crippen molar-refractivity contribution in [1.82, 2.24) is 10.2 Å². The van der Waals surface area contributed by atoms with Crippen LogP contribution in [0.15, 0.2) is 18.2 Å². The minimum Gasteiger partial charge on any atom is -0.496 e. The highest BCUT2D eigenvalue weighted by Gasteiger charge is 2.17. The highest BCUT2D eigenvalue weighted by molar-refractivity contribution is 5.38. The van der Waals surface area contributed by atoms with Gasteiger partial charge in [-0.15, -0.1) is 0 Å². The van der Waals surface area contributed by atoms with E-state index in [2.05, 4.69) is 49.2 Å². The van der Waals surface area contributed by atoms with Crippen molar-refractivity contribution in [3.8, 4) is 5.75 Å². The van der Waals surface area contributed by atoms with E-state index in [1.54, 1.807) is 7.11 Å². The predicted molar refractivity (Wildman–Crippen MR) is 86.0 cm³/mol. The average molecular weight is 292 g/mol. The number of nitrogens with one attached hydrogen (secondary N) is 1. The molecule has 2 atom stereocenters. The van der Waals surface area contributed by atoms with Crippen LogP contribution in [0.5, 0.6) is 5.75 Å². The third-order valence-electron chi connectivity index (χ3n) is 4.02. The van der Waals surface area contributed by atoms with Crippen molar-refractivity contribution in [3.05, 3.63) is 29.3 Å². The van der Waals surface area contributed by atoms with Gasteiger partial charge < -0.3 is 14.8 Å². The molecule has 1 saturated heterocycles. The maximum absolute atomic E-state index is 5.49. The third-order valence-corrected chi connectivity index (χ3v) is 4.02. The average Bonchev–Trinajstić information content (AvgIpc) is 2.48. The molecule has 1 fully saturated rings. The van der Waals surface area contributed by atoms with Crippen LogP contribution in [0.3, 0.4) is 0 Å². The Hall–Kier alpha value is -1.10. The first-order valence-corrected chi connectivity index (χ1v) is 7.81. The maximum Gasteiger partial charge on any atom is 0.123 e. The number of benzene rings is 1. The van der Waals surface area contributed by atoms with Crippen LogP contribution in [0, 0.1) is 6.92 Å². The first-order valence-electron chi connectivity index (χ1n) is 7.81. The summed E-state index contributed by atoms with van der Waals surface area (Å²) in [6, 6.07) is 7.05. The van der Waals surface area contributed by atoms with Crippen molar-refractivity contribution in [1.29, 1.82) is 0 Å². The Morgan fingerprint density at radius 2 is 2.00 bits per heavy atom. The van der Waals surface area contributed by atoms with Crippen LogP contribution in [-0.2, 0) is 4.74 Å². The number of morpholine rings is 1. The van der Waals surface area contributed by atoms with E-state index in [-0.39, 0.29) is 6.04 Å². The molecule has 21 heavy (non-hydrogen) atoms. The Morgan fingerprint density at radius 3 is 2.67 bits per heavy atom. The molecule has 0 radical (unpaired) electrons. The summed E-state index contributed by atoms with van der Waals surface area (Å²) in [7, 11) is 1.73. The molecule has 118 valence electrons. The van der Waals surface area contributed by atoms with Gasteiger partial charge in [0.1, 0.15) is 5.75 Å². The minimum atomic E-state index is 0.274. The largest absolute Gasteiger partial charge is 0.496 e. The lowest BCUT2D eigenvalue weighted by Gasteiger charge is -2.31. The molecule has 0 spiro atoms. The molecule has 0 aliphatic carbocycles. The van der Waals surface area contributed by atoms with Gasteiger partial charge in [0.05, 0.1) is 20.3 Å². The van der Waals surface area contributed by atoms with Gasteiger partial charge in [0.15, 0.2) is 0 Å². The minimum absolute atomic E-state index is 0.274. The summed E-state index contributed by atoms with van der Waals surface area (Å²) in [5.74, 6) is 0.958. The molecule has 1 aromatic carbocycles. The lowest BCUT2D eigenvalue weighted by Crippen LogP contribution is -2.45. The smallest absolute Gasteiger partial charge is 0.123 e. The Morgan fingerprint density at radius 1 is 1.29 bits per heavy atom. The highest BCUT2D eigenvalue weighted by atomic mass is 16.5.